The zero-order valence-electron chi connectivity index (χ0n) is 13.5. The second kappa shape index (κ2) is 9.80. The van der Waals surface area contributed by atoms with Gasteiger partial charge in [-0.2, -0.15) is 0 Å². The van der Waals surface area contributed by atoms with Crippen LogP contribution in [0.15, 0.2) is 0 Å². The molecule has 2 nitrogen and oxygen atoms in total. The molecule has 0 amide bonds. The lowest BCUT2D eigenvalue weighted by molar-refractivity contribution is 0.196. The lowest BCUT2D eigenvalue weighted by atomic mass is 9.86. The molecule has 0 aliphatic carbocycles. The van der Waals surface area contributed by atoms with E-state index in [1.165, 1.54) is 25.7 Å². The monoisotopic (exact) mass is 257 g/mol. The van der Waals surface area contributed by atoms with Gasteiger partial charge in [0, 0.05) is 13.7 Å². The standard InChI is InChI=1S/C16H35NO/c1-14(2)12-15(13-17-10-11-18-6)8-7-9-16(3,4)5/h14-15,17H,7-13H2,1-6H3. The van der Waals surface area contributed by atoms with E-state index in [-0.39, 0.29) is 0 Å². The van der Waals surface area contributed by atoms with Crippen LogP contribution in [0, 0.1) is 17.3 Å². The van der Waals surface area contributed by atoms with E-state index in [0.717, 1.165) is 31.5 Å². The van der Waals surface area contributed by atoms with Gasteiger partial charge in [0.05, 0.1) is 6.61 Å². The number of methoxy groups -OCH3 is 1. The summed E-state index contributed by atoms with van der Waals surface area (Å²) in [6, 6.07) is 0. The maximum Gasteiger partial charge on any atom is 0.0587 e. The van der Waals surface area contributed by atoms with Gasteiger partial charge in [-0.05, 0) is 43.1 Å². The van der Waals surface area contributed by atoms with Gasteiger partial charge < -0.3 is 10.1 Å². The van der Waals surface area contributed by atoms with Crippen molar-refractivity contribution in [3.8, 4) is 0 Å². The summed E-state index contributed by atoms with van der Waals surface area (Å²) in [5.41, 5.74) is 0.478. The van der Waals surface area contributed by atoms with Crippen molar-refractivity contribution in [1.82, 2.24) is 5.32 Å². The SMILES string of the molecule is COCCNCC(CCCC(C)(C)C)CC(C)C. The minimum Gasteiger partial charge on any atom is -0.383 e. The molecule has 1 unspecified atom stereocenters. The predicted molar refractivity (Wildman–Crippen MR) is 81.0 cm³/mol. The van der Waals surface area contributed by atoms with Crippen molar-refractivity contribution in [3.05, 3.63) is 0 Å². The average Bonchev–Trinajstić information content (AvgIpc) is 2.21. The van der Waals surface area contributed by atoms with E-state index in [4.69, 9.17) is 4.74 Å². The van der Waals surface area contributed by atoms with Crippen LogP contribution in [0.25, 0.3) is 0 Å². The molecule has 0 radical (unpaired) electrons. The first kappa shape index (κ1) is 17.9. The van der Waals surface area contributed by atoms with Crippen LogP contribution in [0.4, 0.5) is 0 Å². The molecule has 0 aliphatic rings. The molecule has 0 saturated carbocycles. The summed E-state index contributed by atoms with van der Waals surface area (Å²) in [4.78, 5) is 0. The molecule has 0 aromatic carbocycles. The van der Waals surface area contributed by atoms with Crippen molar-refractivity contribution < 1.29 is 4.74 Å². The van der Waals surface area contributed by atoms with E-state index in [1.54, 1.807) is 7.11 Å². The molecule has 0 aromatic rings. The van der Waals surface area contributed by atoms with Crippen LogP contribution >= 0.6 is 0 Å². The van der Waals surface area contributed by atoms with E-state index in [9.17, 15) is 0 Å². The summed E-state index contributed by atoms with van der Waals surface area (Å²) in [7, 11) is 1.76. The Morgan fingerprint density at radius 3 is 2.33 bits per heavy atom. The molecule has 1 atom stereocenters. The van der Waals surface area contributed by atoms with Gasteiger partial charge in [-0.25, -0.2) is 0 Å². The molecule has 0 aromatic heterocycles. The molecule has 0 fully saturated rings. The number of hydrogen-bond donors (Lipinski definition) is 1. The smallest absolute Gasteiger partial charge is 0.0587 e. The van der Waals surface area contributed by atoms with Gasteiger partial charge >= 0.3 is 0 Å². The summed E-state index contributed by atoms with van der Waals surface area (Å²) < 4.78 is 5.07. The highest BCUT2D eigenvalue weighted by atomic mass is 16.5. The Morgan fingerprint density at radius 1 is 1.17 bits per heavy atom. The van der Waals surface area contributed by atoms with Gasteiger partial charge in [0.15, 0.2) is 0 Å². The van der Waals surface area contributed by atoms with Crippen LogP contribution in [-0.2, 0) is 4.74 Å². The third-order valence-corrected chi connectivity index (χ3v) is 3.26. The zero-order chi connectivity index (χ0) is 14.0. The first-order valence-electron chi connectivity index (χ1n) is 7.55. The number of hydrogen-bond acceptors (Lipinski definition) is 2. The van der Waals surface area contributed by atoms with Gasteiger partial charge in [-0.3, -0.25) is 0 Å². The molecule has 0 saturated heterocycles. The summed E-state index contributed by atoms with van der Waals surface area (Å²) in [5, 5.41) is 3.51. The minimum atomic E-state index is 0.478. The molecule has 1 N–H and O–H groups in total. The van der Waals surface area contributed by atoms with Crippen LogP contribution in [0.1, 0.15) is 60.3 Å². The third kappa shape index (κ3) is 12.4. The van der Waals surface area contributed by atoms with Crippen molar-refractivity contribution in [2.45, 2.75) is 60.3 Å². The van der Waals surface area contributed by atoms with E-state index in [1.807, 2.05) is 0 Å². The largest absolute Gasteiger partial charge is 0.383 e. The fraction of sp³-hybridized carbons (Fsp3) is 1.00. The molecule has 0 heterocycles. The lowest BCUT2D eigenvalue weighted by Gasteiger charge is -2.23. The average molecular weight is 257 g/mol. The van der Waals surface area contributed by atoms with Crippen LogP contribution in [0.5, 0.6) is 0 Å². The summed E-state index contributed by atoms with van der Waals surface area (Å²) in [5.74, 6) is 1.62. The zero-order valence-corrected chi connectivity index (χ0v) is 13.5. The first-order valence-corrected chi connectivity index (χ1v) is 7.55. The Balaban J connectivity index is 3.84. The Kier molecular flexibility index (Phi) is 9.76. The van der Waals surface area contributed by atoms with Crippen molar-refractivity contribution in [2.75, 3.05) is 26.8 Å². The highest BCUT2D eigenvalue weighted by molar-refractivity contribution is 4.68. The highest BCUT2D eigenvalue weighted by Crippen LogP contribution is 2.25. The molecule has 110 valence electrons. The first-order chi connectivity index (χ1) is 8.35. The number of nitrogens with one attached hydrogen (secondary N) is 1. The Morgan fingerprint density at radius 2 is 1.83 bits per heavy atom. The topological polar surface area (TPSA) is 21.3 Å². The van der Waals surface area contributed by atoms with E-state index in [0.29, 0.717) is 5.41 Å². The Labute approximate surface area is 115 Å². The molecule has 2 heteroatoms. The fourth-order valence-electron chi connectivity index (χ4n) is 2.37. The van der Waals surface area contributed by atoms with Crippen molar-refractivity contribution in [2.24, 2.45) is 17.3 Å². The molecule has 0 spiro atoms. The van der Waals surface area contributed by atoms with Gasteiger partial charge in [0.1, 0.15) is 0 Å². The third-order valence-electron chi connectivity index (χ3n) is 3.26. The summed E-state index contributed by atoms with van der Waals surface area (Å²) >= 11 is 0. The van der Waals surface area contributed by atoms with Crippen LogP contribution < -0.4 is 5.32 Å². The van der Waals surface area contributed by atoms with E-state index >= 15 is 0 Å². The van der Waals surface area contributed by atoms with Crippen molar-refractivity contribution >= 4 is 0 Å². The molecular weight excluding hydrogens is 222 g/mol. The lowest BCUT2D eigenvalue weighted by Crippen LogP contribution is -2.27. The molecule has 18 heavy (non-hydrogen) atoms. The summed E-state index contributed by atoms with van der Waals surface area (Å²) in [6.45, 7) is 14.6. The van der Waals surface area contributed by atoms with Crippen LogP contribution in [0.3, 0.4) is 0 Å². The van der Waals surface area contributed by atoms with Crippen LogP contribution in [0.2, 0.25) is 0 Å². The maximum atomic E-state index is 5.07. The Hall–Kier alpha value is -0.0800. The predicted octanol–water partition coefficient (Wildman–Crippen LogP) is 4.10. The minimum absolute atomic E-state index is 0.478. The molecule has 0 bridgehead atoms. The van der Waals surface area contributed by atoms with E-state index in [2.05, 4.69) is 39.9 Å². The van der Waals surface area contributed by atoms with E-state index < -0.39 is 0 Å². The molecule has 0 aliphatic heterocycles. The van der Waals surface area contributed by atoms with Crippen LogP contribution in [-0.4, -0.2) is 26.8 Å². The normalized spacial score (nSPS) is 14.2. The second-order valence-corrected chi connectivity index (χ2v) is 7.15. The Bertz CT molecular complexity index is 184. The number of rotatable bonds is 10. The molecule has 0 rings (SSSR count). The van der Waals surface area contributed by atoms with Gasteiger partial charge in [-0.15, -0.1) is 0 Å². The van der Waals surface area contributed by atoms with Gasteiger partial charge in [-0.1, -0.05) is 41.0 Å². The number of ether oxygens (including phenoxy) is 1. The highest BCUT2D eigenvalue weighted by Gasteiger charge is 2.14. The summed E-state index contributed by atoms with van der Waals surface area (Å²) in [6.07, 6.45) is 5.38. The fourth-order valence-corrected chi connectivity index (χ4v) is 2.37. The van der Waals surface area contributed by atoms with Crippen molar-refractivity contribution in [3.63, 3.8) is 0 Å². The van der Waals surface area contributed by atoms with Crippen molar-refractivity contribution in [1.29, 1.82) is 0 Å². The second-order valence-electron chi connectivity index (χ2n) is 7.15. The molecular formula is C16H35NO. The maximum absolute atomic E-state index is 5.07. The van der Waals surface area contributed by atoms with Gasteiger partial charge in [0.2, 0.25) is 0 Å². The quantitative estimate of drug-likeness (QED) is 0.595. The van der Waals surface area contributed by atoms with Gasteiger partial charge in [0.25, 0.3) is 0 Å².